The molecule has 0 saturated heterocycles. The van der Waals surface area contributed by atoms with E-state index in [2.05, 4.69) is 45.5 Å². The van der Waals surface area contributed by atoms with Crippen LogP contribution in [0.3, 0.4) is 0 Å². The molecule has 6 nitrogen and oxygen atoms in total. The molecule has 36 heavy (non-hydrogen) atoms. The first kappa shape index (κ1) is 28.0. The van der Waals surface area contributed by atoms with Gasteiger partial charge in [0.15, 0.2) is 18.7 Å². The number of unbranched alkanes of at least 4 members (excludes halogenated alkanes) is 2. The van der Waals surface area contributed by atoms with Crippen molar-refractivity contribution in [3.05, 3.63) is 58.6 Å². The van der Waals surface area contributed by atoms with Crippen LogP contribution in [0.15, 0.2) is 58.7 Å². The average Bonchev–Trinajstić information content (AvgIpc) is 3.45. The number of anilines is 2. The summed E-state index contributed by atoms with van der Waals surface area (Å²) in [5.74, 6) is 0. The van der Waals surface area contributed by atoms with Crippen molar-refractivity contribution >= 4 is 88.4 Å². The van der Waals surface area contributed by atoms with Crippen LogP contribution in [0.2, 0.25) is 10.0 Å². The van der Waals surface area contributed by atoms with Crippen molar-refractivity contribution in [3.8, 4) is 0 Å². The van der Waals surface area contributed by atoms with Gasteiger partial charge in [0.1, 0.15) is 0 Å². The van der Waals surface area contributed by atoms with Crippen LogP contribution in [0, 0.1) is 0 Å². The zero-order valence-corrected chi connectivity index (χ0v) is 24.9. The first-order valence-corrected chi connectivity index (χ1v) is 16.5. The maximum Gasteiger partial charge on any atom is 0.178 e. The van der Waals surface area contributed by atoms with Crippen LogP contribution in [0.5, 0.6) is 0 Å². The molecule has 0 bridgehead atoms. The Kier molecular flexibility index (Phi) is 10.2. The summed E-state index contributed by atoms with van der Waals surface area (Å²) in [6.07, 6.45) is 6.24. The SMILES string of the molecule is CCCCC1(Nc2cccc(Cl)c2)NN=C(SSC2=NNC(CCCC)(Nc3cccc(Cl)c3)S2)S1. The largest absolute Gasteiger partial charge is 0.353 e. The Hall–Kier alpha value is -1.04. The Bertz CT molecular complexity index is 1020. The third-order valence-corrected chi connectivity index (χ3v) is 11.3. The molecule has 12 heteroatoms. The standard InChI is InChI=1S/C24H30Cl2N6S4/c1-3-5-13-23(27-19-11-7-9-17(25)15-19)31-29-21(33-23)35-36-22-30-32-24(34-22,14-6-4-2)28-20-12-8-10-18(26)16-20/h7-12,15-16,27-28,31-32H,3-6,13-14H2,1-2H3. The van der Waals surface area contributed by atoms with Crippen LogP contribution in [0.25, 0.3) is 0 Å². The van der Waals surface area contributed by atoms with E-state index >= 15 is 0 Å². The molecule has 0 aliphatic carbocycles. The second kappa shape index (κ2) is 13.2. The zero-order valence-electron chi connectivity index (χ0n) is 20.1. The van der Waals surface area contributed by atoms with Crippen molar-refractivity contribution < 1.29 is 0 Å². The van der Waals surface area contributed by atoms with Crippen molar-refractivity contribution in [2.75, 3.05) is 10.6 Å². The third-order valence-electron chi connectivity index (χ3n) is 5.47. The van der Waals surface area contributed by atoms with E-state index in [4.69, 9.17) is 23.2 Å². The van der Waals surface area contributed by atoms with Crippen molar-refractivity contribution in [3.63, 3.8) is 0 Å². The molecule has 4 rings (SSSR count). The molecule has 2 atom stereocenters. The normalized spacial score (nSPS) is 23.0. The first-order chi connectivity index (χ1) is 17.4. The maximum absolute atomic E-state index is 6.21. The molecule has 2 aromatic carbocycles. The van der Waals surface area contributed by atoms with Crippen LogP contribution >= 0.6 is 68.3 Å². The second-order valence-corrected chi connectivity index (χ2v) is 14.6. The van der Waals surface area contributed by atoms with E-state index in [1.54, 1.807) is 45.1 Å². The van der Waals surface area contributed by atoms with Gasteiger partial charge in [-0.2, -0.15) is 10.2 Å². The van der Waals surface area contributed by atoms with E-state index in [0.717, 1.165) is 58.7 Å². The van der Waals surface area contributed by atoms with Gasteiger partial charge >= 0.3 is 0 Å². The van der Waals surface area contributed by atoms with Crippen LogP contribution < -0.4 is 21.5 Å². The molecular formula is C24H30Cl2N6S4. The molecule has 0 saturated carbocycles. The van der Waals surface area contributed by atoms with Crippen molar-refractivity contribution in [1.82, 2.24) is 10.9 Å². The van der Waals surface area contributed by atoms with E-state index in [1.807, 2.05) is 48.5 Å². The molecule has 0 fully saturated rings. The Balaban J connectivity index is 1.35. The zero-order chi connectivity index (χ0) is 25.4. The summed E-state index contributed by atoms with van der Waals surface area (Å²) in [4.78, 5) is -0.795. The number of benzene rings is 2. The monoisotopic (exact) mass is 600 g/mol. The lowest BCUT2D eigenvalue weighted by molar-refractivity contribution is 0.489. The summed E-state index contributed by atoms with van der Waals surface area (Å²) in [6, 6.07) is 15.6. The molecule has 0 radical (unpaired) electrons. The van der Waals surface area contributed by atoms with Crippen LogP contribution in [-0.4, -0.2) is 18.7 Å². The molecule has 2 unspecified atom stereocenters. The number of halogens is 2. The fourth-order valence-corrected chi connectivity index (χ4v) is 9.18. The molecule has 0 aromatic heterocycles. The van der Waals surface area contributed by atoms with Crippen LogP contribution in [0.4, 0.5) is 11.4 Å². The minimum atomic E-state index is -0.397. The highest BCUT2D eigenvalue weighted by atomic mass is 35.5. The lowest BCUT2D eigenvalue weighted by Gasteiger charge is -2.30. The molecule has 2 heterocycles. The average molecular weight is 602 g/mol. The summed E-state index contributed by atoms with van der Waals surface area (Å²) >= 11 is 15.8. The quantitative estimate of drug-likeness (QED) is 0.202. The lowest BCUT2D eigenvalue weighted by atomic mass is 10.2. The van der Waals surface area contributed by atoms with Crippen molar-refractivity contribution in [1.29, 1.82) is 0 Å². The number of rotatable bonds is 10. The number of hydrogen-bond acceptors (Lipinski definition) is 10. The predicted octanol–water partition coefficient (Wildman–Crippen LogP) is 8.80. The van der Waals surface area contributed by atoms with E-state index in [0.29, 0.717) is 10.0 Å². The van der Waals surface area contributed by atoms with Gasteiger partial charge in [0, 0.05) is 34.3 Å². The highest BCUT2D eigenvalue weighted by Crippen LogP contribution is 2.46. The molecule has 2 aliphatic heterocycles. The van der Waals surface area contributed by atoms with Gasteiger partial charge in [-0.05, 0) is 94.4 Å². The van der Waals surface area contributed by atoms with Gasteiger partial charge in [0.25, 0.3) is 0 Å². The lowest BCUT2D eigenvalue weighted by Crippen LogP contribution is -2.43. The van der Waals surface area contributed by atoms with Crippen LogP contribution in [0.1, 0.15) is 52.4 Å². The number of nitrogens with one attached hydrogen (secondary N) is 4. The third kappa shape index (κ3) is 7.74. The Morgan fingerprint density at radius 3 is 1.61 bits per heavy atom. The highest BCUT2D eigenvalue weighted by Gasteiger charge is 2.40. The summed E-state index contributed by atoms with van der Waals surface area (Å²) in [7, 11) is 3.25. The molecule has 2 aromatic rings. The van der Waals surface area contributed by atoms with Crippen molar-refractivity contribution in [2.45, 2.75) is 62.4 Å². The molecular weight excluding hydrogens is 571 g/mol. The summed E-state index contributed by atoms with van der Waals surface area (Å²) < 4.78 is 1.92. The topological polar surface area (TPSA) is 72.8 Å². The van der Waals surface area contributed by atoms with Gasteiger partial charge in [-0.25, -0.2) is 0 Å². The van der Waals surface area contributed by atoms with Gasteiger partial charge in [-0.1, -0.05) is 62.0 Å². The minimum Gasteiger partial charge on any atom is -0.353 e. The second-order valence-electron chi connectivity index (χ2n) is 8.48. The first-order valence-electron chi connectivity index (χ1n) is 11.9. The van der Waals surface area contributed by atoms with Gasteiger partial charge in [0.2, 0.25) is 0 Å². The summed E-state index contributed by atoms with van der Waals surface area (Å²) in [6.45, 7) is 4.40. The number of thioether (sulfide) groups is 2. The highest BCUT2D eigenvalue weighted by molar-refractivity contribution is 8.93. The van der Waals surface area contributed by atoms with E-state index in [9.17, 15) is 0 Å². The van der Waals surface area contributed by atoms with E-state index < -0.39 is 9.99 Å². The summed E-state index contributed by atoms with van der Waals surface area (Å²) in [5.41, 5.74) is 8.66. The van der Waals surface area contributed by atoms with E-state index in [1.165, 1.54) is 0 Å². The van der Waals surface area contributed by atoms with E-state index in [-0.39, 0.29) is 0 Å². The van der Waals surface area contributed by atoms with Gasteiger partial charge in [0.05, 0.1) is 0 Å². The number of hydrazone groups is 2. The Labute approximate surface area is 239 Å². The molecule has 2 aliphatic rings. The van der Waals surface area contributed by atoms with Crippen LogP contribution in [-0.2, 0) is 0 Å². The molecule has 0 amide bonds. The molecule has 0 spiro atoms. The molecule has 194 valence electrons. The predicted molar refractivity (Wildman–Crippen MR) is 166 cm³/mol. The molecule has 4 N–H and O–H groups in total. The summed E-state index contributed by atoms with van der Waals surface area (Å²) in [5, 5.41) is 17.9. The Morgan fingerprint density at radius 2 is 1.22 bits per heavy atom. The van der Waals surface area contributed by atoms with Gasteiger partial charge in [-0.3, -0.25) is 10.9 Å². The fraction of sp³-hybridized carbons (Fsp3) is 0.417. The number of nitrogens with zero attached hydrogens (tertiary/aromatic N) is 2. The van der Waals surface area contributed by atoms with Gasteiger partial charge in [-0.15, -0.1) is 0 Å². The van der Waals surface area contributed by atoms with Gasteiger partial charge < -0.3 is 10.6 Å². The minimum absolute atomic E-state index is 0.397. The number of hydrogen-bond donors (Lipinski definition) is 4. The maximum atomic E-state index is 6.21. The smallest absolute Gasteiger partial charge is 0.178 e. The van der Waals surface area contributed by atoms with Crippen molar-refractivity contribution in [2.24, 2.45) is 10.2 Å². The fourth-order valence-electron chi connectivity index (χ4n) is 3.70. The Morgan fingerprint density at radius 1 is 0.778 bits per heavy atom.